The Balaban J connectivity index is 1.99. The number of rotatable bonds is 6. The molecule has 0 saturated heterocycles. The molecule has 1 amide bonds. The highest BCUT2D eigenvalue weighted by Crippen LogP contribution is 2.12. The fourth-order valence-electron chi connectivity index (χ4n) is 2.04. The van der Waals surface area contributed by atoms with Crippen molar-refractivity contribution < 1.29 is 24.9 Å². The Hall–Kier alpha value is -3.28. The molecule has 0 bridgehead atoms. The van der Waals surface area contributed by atoms with Crippen LogP contribution in [0.4, 0.5) is 0 Å². The summed E-state index contributed by atoms with van der Waals surface area (Å²) >= 11 is 0. The minimum atomic E-state index is -1.14. The van der Waals surface area contributed by atoms with E-state index in [2.05, 4.69) is 5.32 Å². The minimum absolute atomic E-state index is 0.0893. The molecule has 0 radical (unpaired) electrons. The van der Waals surface area contributed by atoms with E-state index in [9.17, 15) is 24.9 Å². The first-order chi connectivity index (χ1) is 11.4. The standard InChI is InChI=1S/C18H17NO5/c20-14-6-1-12(2-7-14)5-10-17(22)19-16(18(23)24)11-13-3-8-15(21)9-4-13/h1-10,16,20-21H,11H2,(H,19,22)(H,23,24)/b10-5+/t16-/m0/s1. The number of hydrogen-bond donors (Lipinski definition) is 4. The highest BCUT2D eigenvalue weighted by molar-refractivity contribution is 5.94. The monoisotopic (exact) mass is 327 g/mol. The zero-order chi connectivity index (χ0) is 17.5. The van der Waals surface area contributed by atoms with E-state index in [-0.39, 0.29) is 17.9 Å². The second kappa shape index (κ2) is 7.82. The van der Waals surface area contributed by atoms with E-state index in [1.54, 1.807) is 24.3 Å². The predicted octanol–water partition coefficient (Wildman–Crippen LogP) is 1.92. The fraction of sp³-hybridized carbons (Fsp3) is 0.111. The van der Waals surface area contributed by atoms with E-state index >= 15 is 0 Å². The normalized spacial score (nSPS) is 12.0. The summed E-state index contributed by atoms with van der Waals surface area (Å²) in [6, 6.07) is 11.3. The average molecular weight is 327 g/mol. The van der Waals surface area contributed by atoms with Gasteiger partial charge in [0.25, 0.3) is 0 Å². The third-order valence-corrected chi connectivity index (χ3v) is 3.31. The molecule has 1 atom stereocenters. The van der Waals surface area contributed by atoms with Crippen LogP contribution < -0.4 is 5.32 Å². The van der Waals surface area contributed by atoms with Crippen LogP contribution in [0.5, 0.6) is 11.5 Å². The molecule has 6 nitrogen and oxygen atoms in total. The van der Waals surface area contributed by atoms with Crippen LogP contribution in [0.15, 0.2) is 54.6 Å². The molecule has 4 N–H and O–H groups in total. The van der Waals surface area contributed by atoms with Gasteiger partial charge >= 0.3 is 5.97 Å². The SMILES string of the molecule is O=C(/C=C/c1ccc(O)cc1)N[C@@H](Cc1ccc(O)cc1)C(=O)O. The molecule has 0 spiro atoms. The lowest BCUT2D eigenvalue weighted by Gasteiger charge is -2.13. The number of carbonyl (C=O) groups excluding carboxylic acids is 1. The van der Waals surface area contributed by atoms with Crippen molar-refractivity contribution >= 4 is 18.0 Å². The van der Waals surface area contributed by atoms with Gasteiger partial charge in [0.2, 0.25) is 5.91 Å². The highest BCUT2D eigenvalue weighted by Gasteiger charge is 2.19. The number of hydrogen-bond acceptors (Lipinski definition) is 4. The van der Waals surface area contributed by atoms with Gasteiger partial charge in [-0.2, -0.15) is 0 Å². The summed E-state index contributed by atoms with van der Waals surface area (Å²) in [5, 5.41) is 30.1. The lowest BCUT2D eigenvalue weighted by Crippen LogP contribution is -2.41. The molecule has 0 aliphatic carbocycles. The number of carbonyl (C=O) groups is 2. The van der Waals surface area contributed by atoms with Gasteiger partial charge in [-0.1, -0.05) is 24.3 Å². The molecule has 24 heavy (non-hydrogen) atoms. The third-order valence-electron chi connectivity index (χ3n) is 3.31. The molecule has 2 aromatic carbocycles. The van der Waals surface area contributed by atoms with Crippen LogP contribution in [0.2, 0.25) is 0 Å². The van der Waals surface area contributed by atoms with Gasteiger partial charge < -0.3 is 20.6 Å². The van der Waals surface area contributed by atoms with Crippen molar-refractivity contribution in [3.05, 3.63) is 65.7 Å². The maximum Gasteiger partial charge on any atom is 0.326 e. The van der Waals surface area contributed by atoms with Crippen molar-refractivity contribution in [3.63, 3.8) is 0 Å². The van der Waals surface area contributed by atoms with Crippen molar-refractivity contribution in [2.45, 2.75) is 12.5 Å². The summed E-state index contributed by atoms with van der Waals surface area (Å²) < 4.78 is 0. The van der Waals surface area contributed by atoms with Gasteiger partial charge in [0.1, 0.15) is 17.5 Å². The zero-order valence-electron chi connectivity index (χ0n) is 12.7. The molecule has 0 saturated carbocycles. The van der Waals surface area contributed by atoms with Gasteiger partial charge in [0.15, 0.2) is 0 Å². The quantitative estimate of drug-likeness (QED) is 0.607. The van der Waals surface area contributed by atoms with Crippen molar-refractivity contribution in [3.8, 4) is 11.5 Å². The summed E-state index contributed by atoms with van der Waals surface area (Å²) in [7, 11) is 0. The van der Waals surface area contributed by atoms with Crippen LogP contribution in [0.3, 0.4) is 0 Å². The number of benzene rings is 2. The summed E-state index contributed by atoms with van der Waals surface area (Å²) in [4.78, 5) is 23.2. The van der Waals surface area contributed by atoms with Crippen LogP contribution >= 0.6 is 0 Å². The van der Waals surface area contributed by atoms with Crippen molar-refractivity contribution in [1.29, 1.82) is 0 Å². The first-order valence-electron chi connectivity index (χ1n) is 7.22. The number of carboxylic acids is 1. The number of phenols is 2. The maximum absolute atomic E-state index is 11.9. The smallest absolute Gasteiger partial charge is 0.326 e. The molecule has 124 valence electrons. The van der Waals surface area contributed by atoms with E-state index in [1.807, 2.05) is 0 Å². The van der Waals surface area contributed by atoms with Gasteiger partial charge in [-0.3, -0.25) is 4.79 Å². The number of aliphatic carboxylic acids is 1. The Morgan fingerprint density at radius 1 is 0.958 bits per heavy atom. The Kier molecular flexibility index (Phi) is 5.57. The Morgan fingerprint density at radius 2 is 1.50 bits per heavy atom. The number of amides is 1. The number of nitrogens with one attached hydrogen (secondary N) is 1. The Morgan fingerprint density at radius 3 is 2.04 bits per heavy atom. The Bertz CT molecular complexity index is 735. The van der Waals surface area contributed by atoms with E-state index in [4.69, 9.17) is 0 Å². The lowest BCUT2D eigenvalue weighted by molar-refractivity contribution is -0.141. The largest absolute Gasteiger partial charge is 0.508 e. The first-order valence-corrected chi connectivity index (χ1v) is 7.22. The van der Waals surface area contributed by atoms with Gasteiger partial charge in [-0.15, -0.1) is 0 Å². The van der Waals surface area contributed by atoms with Crippen LogP contribution in [0.1, 0.15) is 11.1 Å². The highest BCUT2D eigenvalue weighted by atomic mass is 16.4. The van der Waals surface area contributed by atoms with Crippen molar-refractivity contribution in [2.75, 3.05) is 0 Å². The van der Waals surface area contributed by atoms with E-state index in [0.717, 1.165) is 0 Å². The molecule has 0 fully saturated rings. The molecule has 0 heterocycles. The van der Waals surface area contributed by atoms with Crippen LogP contribution in [0.25, 0.3) is 6.08 Å². The zero-order valence-corrected chi connectivity index (χ0v) is 12.7. The van der Waals surface area contributed by atoms with E-state index < -0.39 is 17.9 Å². The van der Waals surface area contributed by atoms with E-state index in [1.165, 1.54) is 36.4 Å². The van der Waals surface area contributed by atoms with Gasteiger partial charge in [0, 0.05) is 12.5 Å². The number of carboxylic acid groups (broad SMARTS) is 1. The van der Waals surface area contributed by atoms with Gasteiger partial charge in [-0.25, -0.2) is 4.79 Å². The maximum atomic E-state index is 11.9. The molecule has 2 rings (SSSR count). The molecule has 6 heteroatoms. The third kappa shape index (κ3) is 5.17. The van der Waals surface area contributed by atoms with Gasteiger partial charge in [-0.05, 0) is 41.5 Å². The lowest BCUT2D eigenvalue weighted by atomic mass is 10.1. The topological polar surface area (TPSA) is 107 Å². The molecular weight excluding hydrogens is 310 g/mol. The molecule has 0 aromatic heterocycles. The van der Waals surface area contributed by atoms with Crippen molar-refractivity contribution in [1.82, 2.24) is 5.32 Å². The fourth-order valence-corrected chi connectivity index (χ4v) is 2.04. The summed E-state index contributed by atoms with van der Waals surface area (Å²) in [6.45, 7) is 0. The summed E-state index contributed by atoms with van der Waals surface area (Å²) in [5.74, 6) is -1.47. The number of phenolic OH excluding ortho intramolecular Hbond substituents is 2. The Labute approximate surface area is 138 Å². The molecule has 0 unspecified atom stereocenters. The summed E-state index contributed by atoms with van der Waals surface area (Å²) in [5.41, 5.74) is 1.39. The molecular formula is C18H17NO5. The molecule has 2 aromatic rings. The molecule has 0 aliphatic heterocycles. The summed E-state index contributed by atoms with van der Waals surface area (Å²) in [6.07, 6.45) is 2.86. The van der Waals surface area contributed by atoms with Crippen molar-refractivity contribution in [2.24, 2.45) is 0 Å². The van der Waals surface area contributed by atoms with Crippen LogP contribution in [-0.4, -0.2) is 33.2 Å². The second-order valence-corrected chi connectivity index (χ2v) is 5.19. The minimum Gasteiger partial charge on any atom is -0.508 e. The number of aromatic hydroxyl groups is 2. The predicted molar refractivity (Wildman–Crippen MR) is 88.5 cm³/mol. The average Bonchev–Trinajstić information content (AvgIpc) is 2.55. The second-order valence-electron chi connectivity index (χ2n) is 5.19. The van der Waals surface area contributed by atoms with Crippen LogP contribution in [-0.2, 0) is 16.0 Å². The first kappa shape index (κ1) is 17.1. The van der Waals surface area contributed by atoms with Gasteiger partial charge in [0.05, 0.1) is 0 Å². The van der Waals surface area contributed by atoms with E-state index in [0.29, 0.717) is 11.1 Å². The van der Waals surface area contributed by atoms with Crippen LogP contribution in [0, 0.1) is 0 Å². The molecule has 0 aliphatic rings.